The second-order valence-electron chi connectivity index (χ2n) is 4.58. The van der Waals surface area contributed by atoms with Crippen LogP contribution >= 0.6 is 22.9 Å². The minimum atomic E-state index is 0.0804. The van der Waals surface area contributed by atoms with Gasteiger partial charge < -0.3 is 5.32 Å². The van der Waals surface area contributed by atoms with Crippen LogP contribution < -0.4 is 5.32 Å². The lowest BCUT2D eigenvalue weighted by molar-refractivity contribution is 0.279. The van der Waals surface area contributed by atoms with E-state index in [0.29, 0.717) is 5.88 Å². The molecule has 84 valence electrons. The molecule has 0 bridgehead atoms. The number of hydrogen-bond acceptors (Lipinski definition) is 3. The number of hydrogen-bond donors (Lipinski definition) is 1. The summed E-state index contributed by atoms with van der Waals surface area (Å²) in [7, 11) is 0. The second-order valence-corrected chi connectivity index (χ2v) is 5.74. The Morgan fingerprint density at radius 1 is 1.73 bits per heavy atom. The van der Waals surface area contributed by atoms with Crippen LogP contribution in [0.2, 0.25) is 0 Å². The van der Waals surface area contributed by atoms with Gasteiger partial charge in [-0.05, 0) is 18.8 Å². The number of thiazole rings is 1. The van der Waals surface area contributed by atoms with Crippen molar-refractivity contribution in [2.45, 2.75) is 38.1 Å². The summed E-state index contributed by atoms with van der Waals surface area (Å²) in [5.41, 5.74) is 0.0804. The predicted octanol–water partition coefficient (Wildman–Crippen LogP) is 3.74. The molecule has 1 aliphatic rings. The molecule has 0 radical (unpaired) electrons. The van der Waals surface area contributed by atoms with Crippen molar-refractivity contribution in [2.75, 3.05) is 11.2 Å². The van der Waals surface area contributed by atoms with Crippen LogP contribution in [0.4, 0.5) is 5.13 Å². The Balaban J connectivity index is 2.07. The van der Waals surface area contributed by atoms with Gasteiger partial charge in [0.15, 0.2) is 5.13 Å². The lowest BCUT2D eigenvalue weighted by atomic mass is 9.77. The molecule has 0 spiro atoms. The summed E-state index contributed by atoms with van der Waals surface area (Å²) in [5.74, 6) is 1.45. The molecular weight excluding hydrogens is 228 g/mol. The highest BCUT2D eigenvalue weighted by Gasteiger charge is 2.34. The fraction of sp³-hybridized carbons (Fsp3) is 0.727. The van der Waals surface area contributed by atoms with Crippen molar-refractivity contribution in [1.29, 1.82) is 0 Å². The Morgan fingerprint density at radius 2 is 2.60 bits per heavy atom. The van der Waals surface area contributed by atoms with Gasteiger partial charge in [-0.25, -0.2) is 4.98 Å². The molecule has 1 aromatic rings. The highest BCUT2D eigenvalue weighted by molar-refractivity contribution is 7.13. The molecule has 2 rings (SSSR count). The molecule has 1 heterocycles. The minimum absolute atomic E-state index is 0.0804. The zero-order chi connectivity index (χ0) is 10.7. The maximum atomic E-state index is 6.13. The molecule has 1 aliphatic carbocycles. The van der Waals surface area contributed by atoms with E-state index < -0.39 is 0 Å². The summed E-state index contributed by atoms with van der Waals surface area (Å²) in [5, 5.41) is 6.53. The largest absolute Gasteiger partial charge is 0.355 e. The van der Waals surface area contributed by atoms with E-state index in [9.17, 15) is 0 Å². The molecule has 1 N–H and O–H groups in total. The SMILES string of the molecule is CC1CCCC(CCl)(Nc2nccs2)C1. The first kappa shape index (κ1) is 11.2. The number of rotatable bonds is 3. The van der Waals surface area contributed by atoms with Gasteiger partial charge in [0.25, 0.3) is 0 Å². The highest BCUT2D eigenvalue weighted by Crippen LogP contribution is 2.36. The van der Waals surface area contributed by atoms with Gasteiger partial charge in [-0.2, -0.15) is 0 Å². The lowest BCUT2D eigenvalue weighted by Gasteiger charge is -2.39. The molecule has 0 aliphatic heterocycles. The Labute approximate surface area is 100 Å². The lowest BCUT2D eigenvalue weighted by Crippen LogP contribution is -2.44. The topological polar surface area (TPSA) is 24.9 Å². The van der Waals surface area contributed by atoms with Crippen LogP contribution in [0.25, 0.3) is 0 Å². The van der Waals surface area contributed by atoms with Crippen LogP contribution in [0.5, 0.6) is 0 Å². The third-order valence-electron chi connectivity index (χ3n) is 3.15. The molecule has 2 nitrogen and oxygen atoms in total. The zero-order valence-electron chi connectivity index (χ0n) is 9.00. The standard InChI is InChI=1S/C11H17ClN2S/c1-9-3-2-4-11(7-9,8-12)14-10-13-5-6-15-10/h5-6,9H,2-4,7-8H2,1H3,(H,13,14). The van der Waals surface area contributed by atoms with Crippen LogP contribution in [-0.4, -0.2) is 16.4 Å². The first-order chi connectivity index (χ1) is 7.24. The average molecular weight is 245 g/mol. The predicted molar refractivity (Wildman–Crippen MR) is 66.8 cm³/mol. The first-order valence-corrected chi connectivity index (χ1v) is 6.89. The van der Waals surface area contributed by atoms with Gasteiger partial charge in [-0.1, -0.05) is 19.8 Å². The molecule has 0 amide bonds. The third kappa shape index (κ3) is 2.64. The third-order valence-corrected chi connectivity index (χ3v) is 4.35. The monoisotopic (exact) mass is 244 g/mol. The fourth-order valence-corrected chi connectivity index (χ4v) is 3.40. The van der Waals surface area contributed by atoms with E-state index in [1.807, 2.05) is 11.6 Å². The maximum Gasteiger partial charge on any atom is 0.183 e. The van der Waals surface area contributed by atoms with Crippen LogP contribution in [-0.2, 0) is 0 Å². The Hall–Kier alpha value is -0.280. The summed E-state index contributed by atoms with van der Waals surface area (Å²) in [6.07, 6.45) is 6.77. The molecular formula is C11H17ClN2S. The van der Waals surface area contributed by atoms with Crippen molar-refractivity contribution in [1.82, 2.24) is 4.98 Å². The summed E-state index contributed by atoms with van der Waals surface area (Å²) in [6.45, 7) is 2.31. The Kier molecular flexibility index (Phi) is 3.52. The van der Waals surface area contributed by atoms with Crippen LogP contribution in [0, 0.1) is 5.92 Å². The molecule has 2 atom stereocenters. The van der Waals surface area contributed by atoms with E-state index >= 15 is 0 Å². The molecule has 4 heteroatoms. The van der Waals surface area contributed by atoms with E-state index in [2.05, 4.69) is 17.2 Å². The number of nitrogens with one attached hydrogen (secondary N) is 1. The minimum Gasteiger partial charge on any atom is -0.355 e. The number of anilines is 1. The van der Waals surface area contributed by atoms with E-state index in [-0.39, 0.29) is 5.54 Å². The van der Waals surface area contributed by atoms with Crippen LogP contribution in [0.1, 0.15) is 32.6 Å². The summed E-state index contributed by atoms with van der Waals surface area (Å²) >= 11 is 7.78. The highest BCUT2D eigenvalue weighted by atomic mass is 35.5. The summed E-state index contributed by atoms with van der Waals surface area (Å²) in [6, 6.07) is 0. The van der Waals surface area contributed by atoms with E-state index in [1.165, 1.54) is 19.3 Å². The number of aromatic nitrogens is 1. The maximum absolute atomic E-state index is 6.13. The quantitative estimate of drug-likeness (QED) is 0.820. The molecule has 15 heavy (non-hydrogen) atoms. The molecule has 1 aromatic heterocycles. The van der Waals surface area contributed by atoms with E-state index in [1.54, 1.807) is 11.3 Å². The van der Waals surface area contributed by atoms with Gasteiger partial charge in [-0.15, -0.1) is 22.9 Å². The van der Waals surface area contributed by atoms with Gasteiger partial charge in [0.2, 0.25) is 0 Å². The van der Waals surface area contributed by atoms with Crippen molar-refractivity contribution in [3.05, 3.63) is 11.6 Å². The normalized spacial score (nSPS) is 31.5. The number of alkyl halides is 1. The smallest absolute Gasteiger partial charge is 0.183 e. The van der Waals surface area contributed by atoms with Crippen molar-refractivity contribution in [3.63, 3.8) is 0 Å². The van der Waals surface area contributed by atoms with E-state index in [4.69, 9.17) is 11.6 Å². The summed E-state index contributed by atoms with van der Waals surface area (Å²) < 4.78 is 0. The fourth-order valence-electron chi connectivity index (χ4n) is 2.44. The van der Waals surface area contributed by atoms with Gasteiger partial charge in [0, 0.05) is 17.5 Å². The Bertz CT molecular complexity index is 302. The second kappa shape index (κ2) is 4.71. The van der Waals surface area contributed by atoms with Crippen LogP contribution in [0.3, 0.4) is 0 Å². The van der Waals surface area contributed by atoms with Gasteiger partial charge in [-0.3, -0.25) is 0 Å². The van der Waals surface area contributed by atoms with Crippen molar-refractivity contribution in [2.24, 2.45) is 5.92 Å². The number of halogens is 1. The molecule has 1 fully saturated rings. The van der Waals surface area contributed by atoms with Crippen LogP contribution in [0.15, 0.2) is 11.6 Å². The average Bonchev–Trinajstić information content (AvgIpc) is 2.70. The van der Waals surface area contributed by atoms with Crippen molar-refractivity contribution in [3.8, 4) is 0 Å². The van der Waals surface area contributed by atoms with Crippen molar-refractivity contribution >= 4 is 28.1 Å². The molecule has 0 aromatic carbocycles. The zero-order valence-corrected chi connectivity index (χ0v) is 10.6. The van der Waals surface area contributed by atoms with Crippen molar-refractivity contribution < 1.29 is 0 Å². The molecule has 2 unspecified atom stereocenters. The molecule has 1 saturated carbocycles. The first-order valence-electron chi connectivity index (χ1n) is 5.48. The number of nitrogens with zero attached hydrogens (tertiary/aromatic N) is 1. The molecule has 0 saturated heterocycles. The van der Waals surface area contributed by atoms with E-state index in [0.717, 1.165) is 17.5 Å². The van der Waals surface area contributed by atoms with Gasteiger partial charge >= 0.3 is 0 Å². The van der Waals surface area contributed by atoms with Gasteiger partial charge in [0.05, 0.1) is 5.54 Å². The van der Waals surface area contributed by atoms with Gasteiger partial charge in [0.1, 0.15) is 0 Å². The Morgan fingerprint density at radius 3 is 3.20 bits per heavy atom. The summed E-state index contributed by atoms with van der Waals surface area (Å²) in [4.78, 5) is 4.28.